The lowest BCUT2D eigenvalue weighted by Crippen LogP contribution is -2.42. The molecule has 0 aromatic carbocycles. The third-order valence-electron chi connectivity index (χ3n) is 5.41. The van der Waals surface area contributed by atoms with Gasteiger partial charge in [-0.1, -0.05) is 6.42 Å². The van der Waals surface area contributed by atoms with Gasteiger partial charge in [0, 0.05) is 11.4 Å². The van der Waals surface area contributed by atoms with E-state index in [-0.39, 0.29) is 5.91 Å². The van der Waals surface area contributed by atoms with Gasteiger partial charge in [0.1, 0.15) is 5.69 Å². The van der Waals surface area contributed by atoms with Gasteiger partial charge in [0.05, 0.1) is 5.51 Å². The molecule has 1 aromatic rings. The van der Waals surface area contributed by atoms with Gasteiger partial charge < -0.3 is 5.32 Å². The van der Waals surface area contributed by atoms with Gasteiger partial charge in [0.2, 0.25) is 0 Å². The Labute approximate surface area is 111 Å². The van der Waals surface area contributed by atoms with E-state index in [9.17, 15) is 4.79 Å². The molecule has 3 aliphatic carbocycles. The summed E-state index contributed by atoms with van der Waals surface area (Å²) < 4.78 is 0. The van der Waals surface area contributed by atoms with Crippen LogP contribution in [0, 0.1) is 23.7 Å². The van der Waals surface area contributed by atoms with E-state index in [0.717, 1.165) is 23.7 Å². The van der Waals surface area contributed by atoms with E-state index in [2.05, 4.69) is 10.3 Å². The van der Waals surface area contributed by atoms with Crippen LogP contribution in [0.4, 0.5) is 0 Å². The Hall–Kier alpha value is -0.900. The number of hydrogen-bond acceptors (Lipinski definition) is 3. The second-order valence-corrected chi connectivity index (χ2v) is 6.83. The number of fused-ring (bicyclic) bond motifs is 5. The van der Waals surface area contributed by atoms with Crippen molar-refractivity contribution in [1.82, 2.24) is 10.3 Å². The molecule has 4 heteroatoms. The fourth-order valence-corrected chi connectivity index (χ4v) is 5.33. The smallest absolute Gasteiger partial charge is 0.270 e. The molecule has 0 saturated heterocycles. The Morgan fingerprint density at radius 2 is 2.17 bits per heavy atom. The normalized spacial score (nSPS) is 41.0. The lowest BCUT2D eigenvalue weighted by molar-refractivity contribution is 0.0896. The van der Waals surface area contributed by atoms with Crippen molar-refractivity contribution in [1.29, 1.82) is 0 Å². The van der Waals surface area contributed by atoms with Crippen LogP contribution in [-0.2, 0) is 0 Å². The van der Waals surface area contributed by atoms with Crippen molar-refractivity contribution < 1.29 is 4.79 Å². The molecule has 3 saturated carbocycles. The maximum atomic E-state index is 12.1. The van der Waals surface area contributed by atoms with E-state index < -0.39 is 0 Å². The minimum atomic E-state index is 0.0309. The maximum Gasteiger partial charge on any atom is 0.270 e. The Balaban J connectivity index is 1.47. The molecule has 3 nitrogen and oxygen atoms in total. The third kappa shape index (κ3) is 1.54. The summed E-state index contributed by atoms with van der Waals surface area (Å²) in [7, 11) is 0. The zero-order chi connectivity index (χ0) is 12.1. The van der Waals surface area contributed by atoms with Crippen molar-refractivity contribution in [3.8, 4) is 0 Å². The average Bonchev–Trinajstić information content (AvgIpc) is 3.11. The number of carbonyl (C=O) groups excluding carboxylic acids is 1. The first kappa shape index (κ1) is 11.0. The summed E-state index contributed by atoms with van der Waals surface area (Å²) in [6.07, 6.45) is 6.82. The lowest BCUT2D eigenvalue weighted by Gasteiger charge is -2.31. The minimum absolute atomic E-state index is 0.0309. The van der Waals surface area contributed by atoms with Gasteiger partial charge >= 0.3 is 0 Å². The molecule has 3 aliphatic rings. The molecule has 1 amide bonds. The molecule has 0 aliphatic heterocycles. The summed E-state index contributed by atoms with van der Waals surface area (Å²) in [5.41, 5.74) is 2.31. The summed E-state index contributed by atoms with van der Waals surface area (Å²) in [5, 5.41) is 5.06. The number of thiazole rings is 1. The van der Waals surface area contributed by atoms with Crippen LogP contribution in [-0.4, -0.2) is 16.9 Å². The number of rotatable bonds is 2. The number of nitrogens with one attached hydrogen (secondary N) is 1. The van der Waals surface area contributed by atoms with E-state index in [1.807, 2.05) is 5.38 Å². The van der Waals surface area contributed by atoms with Crippen molar-refractivity contribution >= 4 is 17.2 Å². The summed E-state index contributed by atoms with van der Waals surface area (Å²) >= 11 is 1.48. The summed E-state index contributed by atoms with van der Waals surface area (Å²) in [6.45, 7) is 0. The Morgan fingerprint density at radius 1 is 1.28 bits per heavy atom. The molecule has 1 aromatic heterocycles. The standard InChI is InChI=1S/C14H18N2OS/c17-14(13-6-18-7-15-13)16-12-5-8-4-11(12)10-3-1-2-9(8)10/h6-12H,1-5H2,(H,16,17). The molecule has 5 atom stereocenters. The number of nitrogens with zero attached hydrogens (tertiary/aromatic N) is 1. The van der Waals surface area contributed by atoms with Crippen molar-refractivity contribution in [2.75, 3.05) is 0 Å². The van der Waals surface area contributed by atoms with Gasteiger partial charge in [-0.3, -0.25) is 4.79 Å². The van der Waals surface area contributed by atoms with Gasteiger partial charge in [0.15, 0.2) is 0 Å². The lowest BCUT2D eigenvalue weighted by atomic mass is 9.79. The molecule has 5 unspecified atom stereocenters. The molecule has 3 fully saturated rings. The van der Waals surface area contributed by atoms with Crippen molar-refractivity contribution in [2.45, 2.75) is 38.1 Å². The fraction of sp³-hybridized carbons (Fsp3) is 0.714. The van der Waals surface area contributed by atoms with Crippen molar-refractivity contribution in [3.05, 3.63) is 16.6 Å². The van der Waals surface area contributed by atoms with E-state index in [0.29, 0.717) is 11.7 Å². The number of hydrogen-bond donors (Lipinski definition) is 1. The first-order chi connectivity index (χ1) is 8.83. The van der Waals surface area contributed by atoms with Gasteiger partial charge in [0.25, 0.3) is 5.91 Å². The monoisotopic (exact) mass is 262 g/mol. The zero-order valence-electron chi connectivity index (χ0n) is 10.3. The van der Waals surface area contributed by atoms with Crippen LogP contribution in [0.5, 0.6) is 0 Å². The molecular weight excluding hydrogens is 244 g/mol. The van der Waals surface area contributed by atoms with E-state index in [4.69, 9.17) is 0 Å². The molecule has 2 bridgehead atoms. The molecular formula is C14H18N2OS. The van der Waals surface area contributed by atoms with E-state index in [1.54, 1.807) is 5.51 Å². The molecule has 1 heterocycles. The highest BCUT2D eigenvalue weighted by atomic mass is 32.1. The first-order valence-corrected chi connectivity index (χ1v) is 7.96. The molecule has 0 radical (unpaired) electrons. The van der Waals surface area contributed by atoms with Crippen LogP contribution in [0.15, 0.2) is 10.9 Å². The second-order valence-electron chi connectivity index (χ2n) is 6.11. The maximum absolute atomic E-state index is 12.1. The van der Waals surface area contributed by atoms with Crippen LogP contribution in [0.3, 0.4) is 0 Å². The minimum Gasteiger partial charge on any atom is -0.348 e. The predicted molar refractivity (Wildman–Crippen MR) is 70.4 cm³/mol. The highest BCUT2D eigenvalue weighted by Crippen LogP contribution is 2.58. The predicted octanol–water partition coefficient (Wildman–Crippen LogP) is 2.70. The molecule has 0 spiro atoms. The highest BCUT2D eigenvalue weighted by molar-refractivity contribution is 7.07. The SMILES string of the molecule is O=C(NC1CC2CC1C1CCCC21)c1cscn1. The summed E-state index contributed by atoms with van der Waals surface area (Å²) in [5.74, 6) is 3.57. The quantitative estimate of drug-likeness (QED) is 0.890. The Morgan fingerprint density at radius 3 is 3.00 bits per heavy atom. The van der Waals surface area contributed by atoms with Gasteiger partial charge in [-0.25, -0.2) is 4.98 Å². The van der Waals surface area contributed by atoms with Gasteiger partial charge in [-0.05, 0) is 49.4 Å². The zero-order valence-corrected chi connectivity index (χ0v) is 11.2. The van der Waals surface area contributed by atoms with Crippen LogP contribution in [0.25, 0.3) is 0 Å². The van der Waals surface area contributed by atoms with Crippen LogP contribution in [0.1, 0.15) is 42.6 Å². The Bertz CT molecular complexity index is 458. The second kappa shape index (κ2) is 4.05. The summed E-state index contributed by atoms with van der Waals surface area (Å²) in [6, 6.07) is 0.420. The van der Waals surface area contributed by atoms with E-state index >= 15 is 0 Å². The number of aromatic nitrogens is 1. The number of carbonyl (C=O) groups is 1. The molecule has 4 rings (SSSR count). The topological polar surface area (TPSA) is 42.0 Å². The first-order valence-electron chi connectivity index (χ1n) is 7.02. The van der Waals surface area contributed by atoms with E-state index in [1.165, 1.54) is 43.4 Å². The summed E-state index contributed by atoms with van der Waals surface area (Å²) in [4.78, 5) is 16.2. The largest absolute Gasteiger partial charge is 0.348 e. The van der Waals surface area contributed by atoms with Crippen LogP contribution >= 0.6 is 11.3 Å². The van der Waals surface area contributed by atoms with Crippen molar-refractivity contribution in [2.24, 2.45) is 23.7 Å². The third-order valence-corrected chi connectivity index (χ3v) is 6.00. The molecule has 18 heavy (non-hydrogen) atoms. The fourth-order valence-electron chi connectivity index (χ4n) is 4.80. The highest BCUT2D eigenvalue weighted by Gasteiger charge is 2.54. The van der Waals surface area contributed by atoms with Crippen LogP contribution < -0.4 is 5.32 Å². The van der Waals surface area contributed by atoms with Crippen LogP contribution in [0.2, 0.25) is 0 Å². The Kier molecular flexibility index (Phi) is 2.47. The van der Waals surface area contributed by atoms with Crippen molar-refractivity contribution in [3.63, 3.8) is 0 Å². The van der Waals surface area contributed by atoms with Gasteiger partial charge in [-0.2, -0.15) is 0 Å². The number of amides is 1. The molecule has 1 N–H and O–H groups in total. The average molecular weight is 262 g/mol. The molecule has 96 valence electrons. The van der Waals surface area contributed by atoms with Gasteiger partial charge in [-0.15, -0.1) is 11.3 Å².